The van der Waals surface area contributed by atoms with E-state index in [2.05, 4.69) is 49.2 Å². The van der Waals surface area contributed by atoms with Gasteiger partial charge in [-0.2, -0.15) is 0 Å². The van der Waals surface area contributed by atoms with Crippen molar-refractivity contribution in [3.05, 3.63) is 53.9 Å². The summed E-state index contributed by atoms with van der Waals surface area (Å²) in [5, 5.41) is 0. The number of hydrogen-bond acceptors (Lipinski definition) is 3. The molecule has 1 aromatic carbocycles. The molecule has 0 fully saturated rings. The van der Waals surface area contributed by atoms with Crippen LogP contribution in [0.5, 0.6) is 5.75 Å². The predicted molar refractivity (Wildman–Crippen MR) is 84.1 cm³/mol. The van der Waals surface area contributed by atoms with Crippen molar-refractivity contribution in [3.63, 3.8) is 0 Å². The maximum atomic E-state index is 5.96. The van der Waals surface area contributed by atoms with Gasteiger partial charge in [0.15, 0.2) is 0 Å². The first-order chi connectivity index (χ1) is 10.1. The Kier molecular flexibility index (Phi) is 3.52. The van der Waals surface area contributed by atoms with E-state index >= 15 is 0 Å². The summed E-state index contributed by atoms with van der Waals surface area (Å²) < 4.78 is 11.2. The number of hydrogen-bond donors (Lipinski definition) is 0. The molecule has 0 bridgehead atoms. The molecule has 3 heteroatoms. The highest BCUT2D eigenvalue weighted by atomic mass is 16.5. The van der Waals surface area contributed by atoms with Crippen LogP contribution >= 0.6 is 0 Å². The molecule has 0 spiro atoms. The fraction of sp³-hybridized carbons (Fsp3) is 0.278. The van der Waals surface area contributed by atoms with Crippen LogP contribution < -0.4 is 4.74 Å². The van der Waals surface area contributed by atoms with Gasteiger partial charge >= 0.3 is 0 Å². The second-order valence-electron chi connectivity index (χ2n) is 5.72. The summed E-state index contributed by atoms with van der Waals surface area (Å²) in [5.41, 5.74) is 4.02. The number of nitrogens with zero attached hydrogens (tertiary/aromatic N) is 1. The van der Waals surface area contributed by atoms with Gasteiger partial charge in [0.05, 0.1) is 12.3 Å². The van der Waals surface area contributed by atoms with Crippen LogP contribution in [0.25, 0.3) is 17.2 Å². The molecule has 108 valence electrons. The maximum absolute atomic E-state index is 5.96. The smallest absolute Gasteiger partial charge is 0.127 e. The number of methoxy groups -OCH3 is 1. The van der Waals surface area contributed by atoms with Crippen molar-refractivity contribution < 1.29 is 9.47 Å². The third-order valence-electron chi connectivity index (χ3n) is 3.53. The van der Waals surface area contributed by atoms with Gasteiger partial charge in [-0.25, -0.2) is 0 Å². The molecule has 2 heterocycles. The highest BCUT2D eigenvalue weighted by molar-refractivity contribution is 5.73. The van der Waals surface area contributed by atoms with Gasteiger partial charge in [0.1, 0.15) is 11.4 Å². The molecule has 1 aromatic heterocycles. The van der Waals surface area contributed by atoms with Crippen LogP contribution in [0.2, 0.25) is 0 Å². The molecule has 0 atom stereocenters. The Morgan fingerprint density at radius 1 is 1.24 bits per heavy atom. The third-order valence-corrected chi connectivity index (χ3v) is 3.53. The minimum atomic E-state index is -0.246. The average Bonchev–Trinajstić information content (AvgIpc) is 2.47. The summed E-state index contributed by atoms with van der Waals surface area (Å²) in [6, 6.07) is 10.3. The molecule has 0 saturated heterocycles. The monoisotopic (exact) mass is 281 g/mol. The van der Waals surface area contributed by atoms with E-state index < -0.39 is 0 Å². The summed E-state index contributed by atoms with van der Waals surface area (Å²) >= 11 is 0. The zero-order valence-electron chi connectivity index (χ0n) is 12.6. The molecule has 0 unspecified atom stereocenters. The summed E-state index contributed by atoms with van der Waals surface area (Å²) in [6.45, 7) is 4.61. The molecule has 0 aliphatic carbocycles. The number of rotatable bonds is 3. The van der Waals surface area contributed by atoms with E-state index in [1.165, 1.54) is 0 Å². The Balaban J connectivity index is 2.02. The quantitative estimate of drug-likeness (QED) is 0.849. The summed E-state index contributed by atoms with van der Waals surface area (Å²) in [7, 11) is 1.68. The van der Waals surface area contributed by atoms with Crippen LogP contribution in [-0.4, -0.2) is 17.7 Å². The Bertz CT molecular complexity index is 689. The average molecular weight is 281 g/mol. The second kappa shape index (κ2) is 5.34. The van der Waals surface area contributed by atoms with Gasteiger partial charge in [0.2, 0.25) is 0 Å². The van der Waals surface area contributed by atoms with Crippen molar-refractivity contribution in [1.82, 2.24) is 4.98 Å². The molecule has 21 heavy (non-hydrogen) atoms. The molecule has 0 radical (unpaired) electrons. The molecule has 0 N–H and O–H groups in total. The van der Waals surface area contributed by atoms with Gasteiger partial charge in [-0.1, -0.05) is 18.2 Å². The summed E-state index contributed by atoms with van der Waals surface area (Å²) in [5.74, 6) is 0.920. The van der Waals surface area contributed by atoms with Gasteiger partial charge in [0, 0.05) is 24.4 Å². The van der Waals surface area contributed by atoms with E-state index in [4.69, 9.17) is 9.47 Å². The zero-order valence-corrected chi connectivity index (χ0v) is 12.6. The van der Waals surface area contributed by atoms with Gasteiger partial charge in [0.25, 0.3) is 0 Å². The Hall–Kier alpha value is -2.13. The lowest BCUT2D eigenvalue weighted by atomic mass is 9.97. The first-order valence-electron chi connectivity index (χ1n) is 7.04. The molecule has 1 aliphatic heterocycles. The predicted octanol–water partition coefficient (Wildman–Crippen LogP) is 4.08. The highest BCUT2D eigenvalue weighted by Crippen LogP contribution is 2.34. The molecule has 1 aliphatic rings. The SMILES string of the molecule is COCc1ncccc1-c1ccc2c(c1)C=CC(C)(C)O2. The van der Waals surface area contributed by atoms with E-state index in [-0.39, 0.29) is 5.60 Å². The van der Waals surface area contributed by atoms with Gasteiger partial charge in [-0.05, 0) is 43.7 Å². The molecule has 2 aromatic rings. The molecule has 0 saturated carbocycles. The maximum Gasteiger partial charge on any atom is 0.127 e. The number of fused-ring (bicyclic) bond motifs is 1. The molecule has 3 nitrogen and oxygen atoms in total. The van der Waals surface area contributed by atoms with Crippen molar-refractivity contribution in [2.24, 2.45) is 0 Å². The van der Waals surface area contributed by atoms with Gasteiger partial charge in [-0.15, -0.1) is 0 Å². The number of ether oxygens (including phenoxy) is 2. The number of benzene rings is 1. The van der Waals surface area contributed by atoms with Crippen molar-refractivity contribution >= 4 is 6.08 Å². The first-order valence-corrected chi connectivity index (χ1v) is 7.04. The van der Waals surface area contributed by atoms with Crippen LogP contribution in [-0.2, 0) is 11.3 Å². The second-order valence-corrected chi connectivity index (χ2v) is 5.72. The minimum Gasteiger partial charge on any atom is -0.483 e. The fourth-order valence-corrected chi connectivity index (χ4v) is 2.50. The minimum absolute atomic E-state index is 0.246. The molecular formula is C18H19NO2. The lowest BCUT2D eigenvalue weighted by Gasteiger charge is -2.28. The van der Waals surface area contributed by atoms with E-state index in [1.807, 2.05) is 12.1 Å². The summed E-state index contributed by atoms with van der Waals surface area (Å²) in [4.78, 5) is 4.41. The topological polar surface area (TPSA) is 31.4 Å². The third kappa shape index (κ3) is 2.83. The van der Waals surface area contributed by atoms with E-state index in [9.17, 15) is 0 Å². The number of pyridine rings is 1. The van der Waals surface area contributed by atoms with Crippen LogP contribution in [0.1, 0.15) is 25.1 Å². The molecule has 3 rings (SSSR count). The molecule has 0 amide bonds. The lowest BCUT2D eigenvalue weighted by Crippen LogP contribution is -2.27. The van der Waals surface area contributed by atoms with Crippen molar-refractivity contribution in [1.29, 1.82) is 0 Å². The van der Waals surface area contributed by atoms with Crippen LogP contribution in [0.15, 0.2) is 42.6 Å². The Labute approximate surface area is 125 Å². The van der Waals surface area contributed by atoms with Crippen molar-refractivity contribution in [2.45, 2.75) is 26.1 Å². The fourth-order valence-electron chi connectivity index (χ4n) is 2.50. The van der Waals surface area contributed by atoms with Crippen molar-refractivity contribution in [2.75, 3.05) is 7.11 Å². The Morgan fingerprint density at radius 2 is 2.10 bits per heavy atom. The van der Waals surface area contributed by atoms with Gasteiger partial charge in [-0.3, -0.25) is 4.98 Å². The van der Waals surface area contributed by atoms with Crippen LogP contribution in [0.4, 0.5) is 0 Å². The number of aromatic nitrogens is 1. The highest BCUT2D eigenvalue weighted by Gasteiger charge is 2.21. The molecular weight excluding hydrogens is 262 g/mol. The van der Waals surface area contributed by atoms with Crippen LogP contribution in [0, 0.1) is 0 Å². The van der Waals surface area contributed by atoms with Crippen LogP contribution in [0.3, 0.4) is 0 Å². The normalized spacial score (nSPS) is 15.4. The van der Waals surface area contributed by atoms with E-state index in [0.717, 1.165) is 28.1 Å². The lowest BCUT2D eigenvalue weighted by molar-refractivity contribution is 0.159. The summed E-state index contributed by atoms with van der Waals surface area (Å²) in [6.07, 6.45) is 5.99. The van der Waals surface area contributed by atoms with Gasteiger partial charge < -0.3 is 9.47 Å². The first kappa shape index (κ1) is 13.8. The van der Waals surface area contributed by atoms with E-state index in [1.54, 1.807) is 13.3 Å². The zero-order chi connectivity index (χ0) is 14.9. The standard InChI is InChI=1S/C18H19NO2/c1-18(2)9-8-14-11-13(6-7-17(14)21-18)15-5-4-10-19-16(15)12-20-3/h4-11H,12H2,1-3H3. The van der Waals surface area contributed by atoms with E-state index in [0.29, 0.717) is 6.61 Å². The van der Waals surface area contributed by atoms with Crippen molar-refractivity contribution in [3.8, 4) is 16.9 Å². The largest absolute Gasteiger partial charge is 0.483 e. The Morgan fingerprint density at radius 3 is 2.90 bits per heavy atom.